The summed E-state index contributed by atoms with van der Waals surface area (Å²) in [5.74, 6) is 0.441. The van der Waals surface area contributed by atoms with Gasteiger partial charge < -0.3 is 24.9 Å². The zero-order valence-corrected chi connectivity index (χ0v) is 20.0. The van der Waals surface area contributed by atoms with Crippen molar-refractivity contribution >= 4 is 17.3 Å². The topological polar surface area (TPSA) is 117 Å². The SMILES string of the molecule is CC[C@H](C)Oc1cc2nc(C34COC(C)(C3)C4)cn2cc1C(=O)N/C(=C/N)c1ncc(C)cn1. The summed E-state index contributed by atoms with van der Waals surface area (Å²) in [6.45, 7) is 8.72. The molecule has 1 saturated carbocycles. The molecule has 3 aromatic heterocycles. The van der Waals surface area contributed by atoms with Crippen molar-refractivity contribution in [2.75, 3.05) is 6.61 Å². The summed E-state index contributed by atoms with van der Waals surface area (Å²) in [4.78, 5) is 26.8. The van der Waals surface area contributed by atoms with Gasteiger partial charge in [-0.2, -0.15) is 0 Å². The predicted octanol–water partition coefficient (Wildman–Crippen LogP) is 3.12. The zero-order valence-electron chi connectivity index (χ0n) is 20.0. The van der Waals surface area contributed by atoms with Crippen LogP contribution in [0.1, 0.15) is 67.5 Å². The average Bonchev–Trinajstić information content (AvgIpc) is 3.48. The molecule has 2 aliphatic heterocycles. The first kappa shape index (κ1) is 22.3. The lowest BCUT2D eigenvalue weighted by molar-refractivity contribution is 0.0154. The number of carbonyl (C=O) groups excluding carboxylic acids is 1. The molecule has 178 valence electrons. The Kier molecular flexibility index (Phi) is 5.31. The van der Waals surface area contributed by atoms with E-state index in [-0.39, 0.29) is 23.0 Å². The van der Waals surface area contributed by atoms with Crippen molar-refractivity contribution in [1.29, 1.82) is 0 Å². The number of rotatable bonds is 7. The number of carbonyl (C=O) groups is 1. The maximum Gasteiger partial charge on any atom is 0.261 e. The molecule has 2 bridgehead atoms. The molecule has 3 aromatic rings. The summed E-state index contributed by atoms with van der Waals surface area (Å²) >= 11 is 0. The summed E-state index contributed by atoms with van der Waals surface area (Å²) < 4.78 is 14.0. The first-order valence-corrected chi connectivity index (χ1v) is 11.6. The molecule has 34 heavy (non-hydrogen) atoms. The number of aromatic nitrogens is 4. The van der Waals surface area contributed by atoms with Crippen molar-refractivity contribution in [1.82, 2.24) is 24.7 Å². The predicted molar refractivity (Wildman–Crippen MR) is 127 cm³/mol. The highest BCUT2D eigenvalue weighted by Gasteiger charge is 2.61. The molecule has 9 heteroatoms. The van der Waals surface area contributed by atoms with E-state index in [0.29, 0.717) is 29.4 Å². The Hall–Kier alpha value is -3.46. The third kappa shape index (κ3) is 3.79. The number of nitrogens with one attached hydrogen (secondary N) is 1. The maximum absolute atomic E-state index is 13.4. The fraction of sp³-hybridized carbons (Fsp3) is 0.440. The fourth-order valence-electron chi connectivity index (χ4n) is 4.88. The molecule has 5 heterocycles. The van der Waals surface area contributed by atoms with E-state index < -0.39 is 0 Å². The third-order valence-corrected chi connectivity index (χ3v) is 6.80. The lowest BCUT2D eigenvalue weighted by Crippen LogP contribution is -2.45. The minimum atomic E-state index is -0.366. The van der Waals surface area contributed by atoms with Gasteiger partial charge in [0.15, 0.2) is 5.82 Å². The molecule has 0 unspecified atom stereocenters. The normalized spacial score (nSPS) is 24.6. The summed E-state index contributed by atoms with van der Waals surface area (Å²) in [6.07, 6.45) is 11.1. The molecule has 1 aliphatic carbocycles. The van der Waals surface area contributed by atoms with Crippen LogP contribution < -0.4 is 15.8 Å². The van der Waals surface area contributed by atoms with Crippen LogP contribution in [-0.2, 0) is 10.2 Å². The smallest absolute Gasteiger partial charge is 0.261 e. The molecule has 0 spiro atoms. The molecule has 3 fully saturated rings. The van der Waals surface area contributed by atoms with Crippen LogP contribution in [0.5, 0.6) is 5.75 Å². The highest BCUT2D eigenvalue weighted by atomic mass is 16.5. The van der Waals surface area contributed by atoms with Gasteiger partial charge in [-0.1, -0.05) is 6.92 Å². The van der Waals surface area contributed by atoms with Crippen molar-refractivity contribution in [3.05, 3.63) is 59.7 Å². The number of nitrogens with two attached hydrogens (primary N) is 1. The Morgan fingerprint density at radius 1 is 1.35 bits per heavy atom. The summed E-state index contributed by atoms with van der Waals surface area (Å²) in [7, 11) is 0. The average molecular weight is 463 g/mol. The molecular weight excluding hydrogens is 432 g/mol. The monoisotopic (exact) mass is 462 g/mol. The molecule has 1 atom stereocenters. The second kappa shape index (κ2) is 8.09. The number of imidazole rings is 1. The first-order chi connectivity index (χ1) is 16.2. The highest BCUT2D eigenvalue weighted by molar-refractivity contribution is 6.01. The van der Waals surface area contributed by atoms with Gasteiger partial charge in [0.05, 0.1) is 29.6 Å². The number of hydrogen-bond acceptors (Lipinski definition) is 7. The van der Waals surface area contributed by atoms with Crippen LogP contribution in [0.4, 0.5) is 0 Å². The van der Waals surface area contributed by atoms with Gasteiger partial charge in [-0.25, -0.2) is 15.0 Å². The van der Waals surface area contributed by atoms with Gasteiger partial charge in [0.1, 0.15) is 17.1 Å². The molecule has 3 N–H and O–H groups in total. The van der Waals surface area contributed by atoms with Gasteiger partial charge in [-0.05, 0) is 45.6 Å². The summed E-state index contributed by atoms with van der Waals surface area (Å²) in [5.41, 5.74) is 9.05. The number of pyridine rings is 1. The van der Waals surface area contributed by atoms with Gasteiger partial charge in [-0.3, -0.25) is 4.79 Å². The molecular formula is C25H30N6O3. The lowest BCUT2D eigenvalue weighted by atomic mass is 9.62. The Labute approximate surface area is 198 Å². The second-order valence-electron chi connectivity index (χ2n) is 9.77. The Bertz CT molecular complexity index is 1270. The molecule has 3 aliphatic rings. The van der Waals surface area contributed by atoms with Crippen molar-refractivity contribution < 1.29 is 14.3 Å². The van der Waals surface area contributed by atoms with E-state index in [1.165, 1.54) is 6.20 Å². The number of amides is 1. The van der Waals surface area contributed by atoms with Crippen molar-refractivity contribution in [3.8, 4) is 5.75 Å². The highest BCUT2D eigenvalue weighted by Crippen LogP contribution is 2.58. The van der Waals surface area contributed by atoms with Crippen molar-refractivity contribution in [2.45, 2.75) is 64.1 Å². The van der Waals surface area contributed by atoms with Crippen molar-refractivity contribution in [3.63, 3.8) is 0 Å². The van der Waals surface area contributed by atoms with Crippen LogP contribution in [0.25, 0.3) is 11.3 Å². The van der Waals surface area contributed by atoms with Crippen LogP contribution in [0.2, 0.25) is 0 Å². The van der Waals surface area contributed by atoms with Gasteiger partial charge in [0, 0.05) is 42.5 Å². The van der Waals surface area contributed by atoms with Crippen LogP contribution in [-0.4, -0.2) is 43.6 Å². The zero-order chi connectivity index (χ0) is 24.1. The largest absolute Gasteiger partial charge is 0.490 e. The summed E-state index contributed by atoms with van der Waals surface area (Å²) in [5, 5.41) is 2.84. The van der Waals surface area contributed by atoms with Gasteiger partial charge in [0.2, 0.25) is 0 Å². The molecule has 0 radical (unpaired) electrons. The van der Waals surface area contributed by atoms with Crippen LogP contribution in [0.15, 0.2) is 37.1 Å². The van der Waals surface area contributed by atoms with E-state index in [1.54, 1.807) is 18.6 Å². The van der Waals surface area contributed by atoms with E-state index in [1.807, 2.05) is 37.4 Å². The molecule has 9 nitrogen and oxygen atoms in total. The van der Waals surface area contributed by atoms with E-state index >= 15 is 0 Å². The maximum atomic E-state index is 13.4. The molecule has 6 rings (SSSR count). The Morgan fingerprint density at radius 2 is 2.09 bits per heavy atom. The molecule has 0 aromatic carbocycles. The van der Waals surface area contributed by atoms with E-state index in [9.17, 15) is 4.79 Å². The Balaban J connectivity index is 1.49. The van der Waals surface area contributed by atoms with Gasteiger partial charge in [0.25, 0.3) is 5.91 Å². The van der Waals surface area contributed by atoms with E-state index in [2.05, 4.69) is 22.2 Å². The number of fused-ring (bicyclic) bond motifs is 2. The minimum Gasteiger partial charge on any atom is -0.490 e. The van der Waals surface area contributed by atoms with Crippen LogP contribution in [0.3, 0.4) is 0 Å². The number of aryl methyl sites for hydroxylation is 1. The minimum absolute atomic E-state index is 0.0331. The fourth-order valence-corrected chi connectivity index (χ4v) is 4.88. The van der Waals surface area contributed by atoms with Gasteiger partial charge in [-0.15, -0.1) is 0 Å². The summed E-state index contributed by atoms with van der Waals surface area (Å²) in [6, 6.07) is 1.82. The molecule has 2 saturated heterocycles. The number of hydrogen-bond donors (Lipinski definition) is 2. The lowest BCUT2D eigenvalue weighted by Gasteiger charge is -2.41. The standard InChI is InChI=1S/C25H30N6O3/c1-5-16(3)34-19-6-21-30-20(25-12-24(4,13-25)33-14-25)11-31(21)10-17(19)23(32)29-18(7-26)22-27-8-15(2)9-28-22/h6-11,16H,5,12-14,26H2,1-4H3,(H,29,32)/b18-7+/t16-,24?,25?/m0/s1. The quantitative estimate of drug-likeness (QED) is 0.554. The third-order valence-electron chi connectivity index (χ3n) is 6.80. The second-order valence-corrected chi connectivity index (χ2v) is 9.77. The van der Waals surface area contributed by atoms with Crippen LogP contribution in [0, 0.1) is 6.92 Å². The Morgan fingerprint density at radius 3 is 2.71 bits per heavy atom. The van der Waals surface area contributed by atoms with Gasteiger partial charge >= 0.3 is 0 Å². The van der Waals surface area contributed by atoms with Crippen LogP contribution >= 0.6 is 0 Å². The molecule has 1 amide bonds. The number of nitrogens with zero attached hydrogens (tertiary/aromatic N) is 4. The first-order valence-electron chi connectivity index (χ1n) is 11.6. The van der Waals surface area contributed by atoms with Crippen molar-refractivity contribution in [2.24, 2.45) is 5.73 Å². The van der Waals surface area contributed by atoms with E-state index in [0.717, 1.165) is 36.2 Å². The number of ether oxygens (including phenoxy) is 2. The van der Waals surface area contributed by atoms with E-state index in [4.69, 9.17) is 20.2 Å².